The van der Waals surface area contributed by atoms with Crippen molar-refractivity contribution in [1.82, 2.24) is 4.90 Å². The van der Waals surface area contributed by atoms with E-state index in [1.165, 1.54) is 6.07 Å². The third-order valence-corrected chi connectivity index (χ3v) is 3.74. The van der Waals surface area contributed by atoms with E-state index in [2.05, 4.69) is 15.9 Å². The van der Waals surface area contributed by atoms with Gasteiger partial charge in [-0.2, -0.15) is 0 Å². The molecule has 1 atom stereocenters. The molecule has 2 rings (SSSR count). The summed E-state index contributed by atoms with van der Waals surface area (Å²) in [6.07, 6.45) is 0.895. The number of hydrogen-bond donors (Lipinski definition) is 1. The standard InChI is InChI=1S/C13H15BrFNO2/c14-11-1-2-12(15)10(5-11)6-13(18)16-4-3-9(7-16)8-17/h1-2,5,9,17H,3-4,6-8H2. The summed E-state index contributed by atoms with van der Waals surface area (Å²) in [7, 11) is 0. The van der Waals surface area contributed by atoms with Crippen molar-refractivity contribution in [2.45, 2.75) is 12.8 Å². The molecule has 1 fully saturated rings. The third kappa shape index (κ3) is 3.09. The second-order valence-electron chi connectivity index (χ2n) is 4.59. The van der Waals surface area contributed by atoms with E-state index in [-0.39, 0.29) is 30.7 Å². The summed E-state index contributed by atoms with van der Waals surface area (Å²) in [5.41, 5.74) is 0.404. The van der Waals surface area contributed by atoms with Gasteiger partial charge in [-0.1, -0.05) is 15.9 Å². The highest BCUT2D eigenvalue weighted by molar-refractivity contribution is 9.10. The fourth-order valence-electron chi connectivity index (χ4n) is 2.16. The van der Waals surface area contributed by atoms with Gasteiger partial charge in [0.2, 0.25) is 5.91 Å². The summed E-state index contributed by atoms with van der Waals surface area (Å²) >= 11 is 3.27. The van der Waals surface area contributed by atoms with Crippen LogP contribution in [0, 0.1) is 11.7 Å². The zero-order valence-corrected chi connectivity index (χ0v) is 11.5. The average Bonchev–Trinajstić information content (AvgIpc) is 2.82. The first-order valence-electron chi connectivity index (χ1n) is 5.92. The van der Waals surface area contributed by atoms with Gasteiger partial charge in [0.1, 0.15) is 5.82 Å². The van der Waals surface area contributed by atoms with Crippen LogP contribution in [0.25, 0.3) is 0 Å². The maximum Gasteiger partial charge on any atom is 0.227 e. The quantitative estimate of drug-likeness (QED) is 0.926. The van der Waals surface area contributed by atoms with Crippen molar-refractivity contribution in [2.75, 3.05) is 19.7 Å². The predicted octanol–water partition coefficient (Wildman–Crippen LogP) is 1.97. The first-order chi connectivity index (χ1) is 8.60. The zero-order valence-electron chi connectivity index (χ0n) is 9.90. The highest BCUT2D eigenvalue weighted by atomic mass is 79.9. The number of halogens is 2. The zero-order chi connectivity index (χ0) is 13.1. The van der Waals surface area contributed by atoms with Crippen LogP contribution < -0.4 is 0 Å². The number of rotatable bonds is 3. The SMILES string of the molecule is O=C(Cc1cc(Br)ccc1F)N1CCC(CO)C1. The fourth-order valence-corrected chi connectivity index (χ4v) is 2.57. The van der Waals surface area contributed by atoms with Gasteiger partial charge in [-0.15, -0.1) is 0 Å². The van der Waals surface area contributed by atoms with Gasteiger partial charge in [0.05, 0.1) is 6.42 Å². The summed E-state index contributed by atoms with van der Waals surface area (Å²) in [6.45, 7) is 1.33. The molecule has 0 aliphatic carbocycles. The molecule has 1 amide bonds. The van der Waals surface area contributed by atoms with Crippen molar-refractivity contribution >= 4 is 21.8 Å². The number of carbonyl (C=O) groups is 1. The van der Waals surface area contributed by atoms with Gasteiger partial charge in [0, 0.05) is 30.1 Å². The van der Waals surface area contributed by atoms with Crippen LogP contribution in [0.2, 0.25) is 0 Å². The first kappa shape index (κ1) is 13.5. The minimum atomic E-state index is -0.357. The molecule has 0 aromatic heterocycles. The molecule has 5 heteroatoms. The molecule has 0 spiro atoms. The maximum atomic E-state index is 13.5. The largest absolute Gasteiger partial charge is 0.396 e. The van der Waals surface area contributed by atoms with Crippen molar-refractivity contribution < 1.29 is 14.3 Å². The lowest BCUT2D eigenvalue weighted by Crippen LogP contribution is -2.30. The molecular formula is C13H15BrFNO2. The molecule has 1 heterocycles. The predicted molar refractivity (Wildman–Crippen MR) is 69.6 cm³/mol. The molecule has 3 nitrogen and oxygen atoms in total. The molecular weight excluding hydrogens is 301 g/mol. The molecule has 1 saturated heterocycles. The van der Waals surface area contributed by atoms with Crippen molar-refractivity contribution in [1.29, 1.82) is 0 Å². The maximum absolute atomic E-state index is 13.5. The van der Waals surface area contributed by atoms with E-state index >= 15 is 0 Å². The number of amides is 1. The molecule has 1 unspecified atom stereocenters. The summed E-state index contributed by atoms with van der Waals surface area (Å²) < 4.78 is 14.3. The van der Waals surface area contributed by atoms with Crippen molar-refractivity contribution in [3.63, 3.8) is 0 Å². The smallest absolute Gasteiger partial charge is 0.227 e. The number of aliphatic hydroxyl groups is 1. The monoisotopic (exact) mass is 315 g/mol. The van der Waals surface area contributed by atoms with Crippen LogP contribution in [-0.4, -0.2) is 35.6 Å². The second-order valence-corrected chi connectivity index (χ2v) is 5.51. The Bertz CT molecular complexity index is 453. The van der Waals surface area contributed by atoms with Crippen molar-refractivity contribution in [2.24, 2.45) is 5.92 Å². The van der Waals surface area contributed by atoms with E-state index in [0.717, 1.165) is 10.9 Å². The minimum absolute atomic E-state index is 0.0728. The van der Waals surface area contributed by atoms with E-state index in [1.54, 1.807) is 17.0 Å². The Hall–Kier alpha value is -0.940. The van der Waals surface area contributed by atoms with Crippen LogP contribution in [0.3, 0.4) is 0 Å². The highest BCUT2D eigenvalue weighted by Crippen LogP contribution is 2.19. The van der Waals surface area contributed by atoms with Gasteiger partial charge in [0.15, 0.2) is 0 Å². The van der Waals surface area contributed by atoms with Gasteiger partial charge in [-0.25, -0.2) is 4.39 Å². The van der Waals surface area contributed by atoms with Crippen LogP contribution in [0.15, 0.2) is 22.7 Å². The molecule has 0 bridgehead atoms. The van der Waals surface area contributed by atoms with Gasteiger partial charge in [0.25, 0.3) is 0 Å². The molecule has 1 N–H and O–H groups in total. The van der Waals surface area contributed by atoms with Gasteiger partial charge >= 0.3 is 0 Å². The molecule has 18 heavy (non-hydrogen) atoms. The third-order valence-electron chi connectivity index (χ3n) is 3.25. The van der Waals surface area contributed by atoms with E-state index in [0.29, 0.717) is 18.7 Å². The Morgan fingerprint density at radius 3 is 3.00 bits per heavy atom. The van der Waals surface area contributed by atoms with Crippen LogP contribution >= 0.6 is 15.9 Å². The molecule has 0 saturated carbocycles. The number of likely N-dealkylation sites (tertiary alicyclic amines) is 1. The Kier molecular flexibility index (Phi) is 4.35. The number of carbonyl (C=O) groups excluding carboxylic acids is 1. The van der Waals surface area contributed by atoms with Crippen LogP contribution in [0.5, 0.6) is 0 Å². The Morgan fingerprint density at radius 1 is 1.56 bits per heavy atom. The Labute approximate surface area is 114 Å². The highest BCUT2D eigenvalue weighted by Gasteiger charge is 2.25. The van der Waals surface area contributed by atoms with Crippen molar-refractivity contribution in [3.8, 4) is 0 Å². The number of aliphatic hydroxyl groups excluding tert-OH is 1. The summed E-state index contributed by atoms with van der Waals surface area (Å²) in [6, 6.07) is 4.60. The van der Waals surface area contributed by atoms with Crippen LogP contribution in [-0.2, 0) is 11.2 Å². The van der Waals surface area contributed by atoms with Gasteiger partial charge < -0.3 is 10.0 Å². The lowest BCUT2D eigenvalue weighted by atomic mass is 10.1. The molecule has 0 radical (unpaired) electrons. The van der Waals surface area contributed by atoms with Crippen molar-refractivity contribution in [3.05, 3.63) is 34.1 Å². The minimum Gasteiger partial charge on any atom is -0.396 e. The van der Waals surface area contributed by atoms with Gasteiger partial charge in [-0.05, 0) is 30.2 Å². The lowest BCUT2D eigenvalue weighted by molar-refractivity contribution is -0.129. The first-order valence-corrected chi connectivity index (χ1v) is 6.72. The number of nitrogens with zero attached hydrogens (tertiary/aromatic N) is 1. The van der Waals surface area contributed by atoms with Gasteiger partial charge in [-0.3, -0.25) is 4.79 Å². The van der Waals surface area contributed by atoms with E-state index < -0.39 is 0 Å². The number of hydrogen-bond acceptors (Lipinski definition) is 2. The van der Waals surface area contributed by atoms with Crippen LogP contribution in [0.1, 0.15) is 12.0 Å². The van der Waals surface area contributed by atoms with E-state index in [4.69, 9.17) is 5.11 Å². The normalized spacial score (nSPS) is 19.3. The van der Waals surface area contributed by atoms with Crippen LogP contribution in [0.4, 0.5) is 4.39 Å². The summed E-state index contributed by atoms with van der Waals surface area (Å²) in [5.74, 6) is -0.270. The Morgan fingerprint density at radius 2 is 2.33 bits per heavy atom. The molecule has 1 aromatic rings. The lowest BCUT2D eigenvalue weighted by Gasteiger charge is -2.16. The summed E-state index contributed by atoms with van der Waals surface area (Å²) in [5, 5.41) is 9.03. The second kappa shape index (κ2) is 5.80. The molecule has 1 aliphatic rings. The molecule has 1 aromatic carbocycles. The fraction of sp³-hybridized carbons (Fsp3) is 0.462. The summed E-state index contributed by atoms with van der Waals surface area (Å²) in [4.78, 5) is 13.7. The van der Waals surface area contributed by atoms with E-state index in [9.17, 15) is 9.18 Å². The molecule has 1 aliphatic heterocycles. The Balaban J connectivity index is 2.01. The van der Waals surface area contributed by atoms with E-state index in [1.807, 2.05) is 0 Å². The number of benzene rings is 1. The topological polar surface area (TPSA) is 40.5 Å². The molecule has 98 valence electrons. The average molecular weight is 316 g/mol.